The molecule has 0 amide bonds. The Balaban J connectivity index is 1.75. The summed E-state index contributed by atoms with van der Waals surface area (Å²) in [5.74, 6) is -2.98. The number of benzene rings is 2. The highest BCUT2D eigenvalue weighted by molar-refractivity contribution is 5.45. The molecule has 20 heavy (non-hydrogen) atoms. The summed E-state index contributed by atoms with van der Waals surface area (Å²) in [4.78, 5) is 0. The number of rotatable bonds is 6. The Morgan fingerprint density at radius 2 is 1.50 bits per heavy atom. The fourth-order valence-electron chi connectivity index (χ4n) is 1.98. The van der Waals surface area contributed by atoms with Crippen molar-refractivity contribution in [1.29, 1.82) is 0 Å². The van der Waals surface area contributed by atoms with Crippen LogP contribution < -0.4 is 5.32 Å². The Labute approximate surface area is 116 Å². The Hall–Kier alpha value is -1.97. The number of hydrogen-bond donors (Lipinski definition) is 1. The van der Waals surface area contributed by atoms with Crippen LogP contribution in [-0.2, 0) is 6.42 Å². The molecule has 2 aromatic carbocycles. The summed E-state index contributed by atoms with van der Waals surface area (Å²) in [6, 6.07) is 11.5. The first-order chi connectivity index (χ1) is 9.66. The van der Waals surface area contributed by atoms with Crippen molar-refractivity contribution in [2.45, 2.75) is 19.3 Å². The molecule has 0 radical (unpaired) electrons. The van der Waals surface area contributed by atoms with E-state index in [1.54, 1.807) is 0 Å². The highest BCUT2D eigenvalue weighted by atomic mass is 19.2. The first kappa shape index (κ1) is 14.4. The van der Waals surface area contributed by atoms with Gasteiger partial charge >= 0.3 is 0 Å². The second-order valence-corrected chi connectivity index (χ2v) is 4.62. The molecule has 0 aliphatic heterocycles. The number of hydrogen-bond acceptors (Lipinski definition) is 1. The minimum Gasteiger partial charge on any atom is -0.383 e. The third-order valence-corrected chi connectivity index (χ3v) is 3.06. The normalized spacial score (nSPS) is 10.6. The van der Waals surface area contributed by atoms with Crippen LogP contribution in [-0.4, -0.2) is 6.54 Å². The fourth-order valence-corrected chi connectivity index (χ4v) is 1.98. The summed E-state index contributed by atoms with van der Waals surface area (Å²) < 4.78 is 39.1. The maximum absolute atomic E-state index is 13.3. The number of nitrogens with one attached hydrogen (secondary N) is 1. The largest absolute Gasteiger partial charge is 0.383 e. The summed E-state index contributed by atoms with van der Waals surface area (Å²) in [5.41, 5.74) is 1.26. The van der Waals surface area contributed by atoms with Crippen LogP contribution in [0.1, 0.15) is 18.4 Å². The summed E-state index contributed by atoms with van der Waals surface area (Å²) in [6.45, 7) is 0.523. The molecule has 0 aromatic heterocycles. The van der Waals surface area contributed by atoms with Gasteiger partial charge < -0.3 is 5.32 Å². The first-order valence-corrected chi connectivity index (χ1v) is 6.59. The molecule has 0 aliphatic carbocycles. The molecule has 0 heterocycles. The van der Waals surface area contributed by atoms with E-state index >= 15 is 0 Å². The zero-order valence-corrected chi connectivity index (χ0v) is 11.0. The van der Waals surface area contributed by atoms with Crippen LogP contribution in [0.3, 0.4) is 0 Å². The van der Waals surface area contributed by atoms with Gasteiger partial charge in [0.25, 0.3) is 0 Å². The van der Waals surface area contributed by atoms with Gasteiger partial charge in [0, 0.05) is 18.7 Å². The Morgan fingerprint density at radius 1 is 0.800 bits per heavy atom. The number of anilines is 1. The van der Waals surface area contributed by atoms with Crippen LogP contribution in [0.25, 0.3) is 0 Å². The van der Waals surface area contributed by atoms with Crippen molar-refractivity contribution >= 4 is 5.69 Å². The maximum atomic E-state index is 13.3. The zero-order valence-electron chi connectivity index (χ0n) is 11.0. The monoisotopic (exact) mass is 279 g/mol. The fraction of sp³-hybridized carbons (Fsp3) is 0.250. The molecule has 0 saturated carbocycles. The SMILES string of the molecule is Fc1cc(F)c(NCCCCc2ccccc2)cc1F. The molecule has 0 fully saturated rings. The molecule has 0 aliphatic rings. The van der Waals surface area contributed by atoms with E-state index in [1.807, 2.05) is 18.2 Å². The minimum atomic E-state index is -1.17. The Kier molecular flexibility index (Phi) is 5.04. The summed E-state index contributed by atoms with van der Waals surface area (Å²) in [5, 5.41) is 2.79. The molecule has 0 saturated heterocycles. The molecule has 106 valence electrons. The number of unbranched alkanes of at least 4 members (excludes halogenated alkanes) is 1. The predicted octanol–water partition coefficient (Wildman–Crippen LogP) is 4.54. The molecule has 0 spiro atoms. The Morgan fingerprint density at radius 3 is 2.25 bits per heavy atom. The molecule has 0 unspecified atom stereocenters. The van der Waals surface area contributed by atoms with Gasteiger partial charge in [-0.15, -0.1) is 0 Å². The first-order valence-electron chi connectivity index (χ1n) is 6.59. The lowest BCUT2D eigenvalue weighted by atomic mass is 10.1. The lowest BCUT2D eigenvalue weighted by Crippen LogP contribution is -2.05. The van der Waals surface area contributed by atoms with Crippen LogP contribution in [0.15, 0.2) is 42.5 Å². The van der Waals surface area contributed by atoms with Crippen molar-refractivity contribution in [3.05, 3.63) is 65.5 Å². The van der Waals surface area contributed by atoms with E-state index in [-0.39, 0.29) is 5.69 Å². The van der Waals surface area contributed by atoms with Crippen LogP contribution in [0.4, 0.5) is 18.9 Å². The highest BCUT2D eigenvalue weighted by Crippen LogP contribution is 2.18. The summed E-state index contributed by atoms with van der Waals surface area (Å²) >= 11 is 0. The lowest BCUT2D eigenvalue weighted by molar-refractivity contribution is 0.496. The van der Waals surface area contributed by atoms with Gasteiger partial charge in [-0.3, -0.25) is 0 Å². The molecule has 0 atom stereocenters. The van der Waals surface area contributed by atoms with Crippen molar-refractivity contribution in [2.24, 2.45) is 0 Å². The third kappa shape index (κ3) is 4.02. The van der Waals surface area contributed by atoms with Crippen molar-refractivity contribution in [3.63, 3.8) is 0 Å². The van der Waals surface area contributed by atoms with Crippen LogP contribution >= 0.6 is 0 Å². The van der Waals surface area contributed by atoms with E-state index in [0.29, 0.717) is 12.6 Å². The average molecular weight is 279 g/mol. The molecular weight excluding hydrogens is 263 g/mol. The second-order valence-electron chi connectivity index (χ2n) is 4.62. The molecule has 1 N–H and O–H groups in total. The molecule has 0 bridgehead atoms. The maximum Gasteiger partial charge on any atom is 0.161 e. The third-order valence-electron chi connectivity index (χ3n) is 3.06. The summed E-state index contributed by atoms with van der Waals surface area (Å²) in [7, 11) is 0. The average Bonchev–Trinajstić information content (AvgIpc) is 2.45. The highest BCUT2D eigenvalue weighted by Gasteiger charge is 2.08. The predicted molar refractivity (Wildman–Crippen MR) is 74.2 cm³/mol. The minimum absolute atomic E-state index is 0.00334. The van der Waals surface area contributed by atoms with Gasteiger partial charge in [-0.1, -0.05) is 30.3 Å². The van der Waals surface area contributed by atoms with Crippen molar-refractivity contribution in [2.75, 3.05) is 11.9 Å². The summed E-state index contributed by atoms with van der Waals surface area (Å²) in [6.07, 6.45) is 2.72. The molecule has 4 heteroatoms. The number of aryl methyl sites for hydroxylation is 1. The quantitative estimate of drug-likeness (QED) is 0.604. The molecular formula is C16H16F3N. The molecule has 2 aromatic rings. The van der Waals surface area contributed by atoms with Crippen LogP contribution in [0.2, 0.25) is 0 Å². The Bertz CT molecular complexity index is 555. The standard InChI is InChI=1S/C16H16F3N/c17-13-10-15(19)16(11-14(13)18)20-9-5-4-8-12-6-2-1-3-7-12/h1-3,6-7,10-11,20H,4-5,8-9H2. The van der Waals surface area contributed by atoms with Crippen molar-refractivity contribution in [1.82, 2.24) is 0 Å². The van der Waals surface area contributed by atoms with Crippen molar-refractivity contribution < 1.29 is 13.2 Å². The van der Waals surface area contributed by atoms with Gasteiger partial charge in [0.05, 0.1) is 5.69 Å². The van der Waals surface area contributed by atoms with Gasteiger partial charge in [0.15, 0.2) is 11.6 Å². The second kappa shape index (κ2) is 6.98. The zero-order chi connectivity index (χ0) is 14.4. The van der Waals surface area contributed by atoms with E-state index in [4.69, 9.17) is 0 Å². The van der Waals surface area contributed by atoms with E-state index in [9.17, 15) is 13.2 Å². The van der Waals surface area contributed by atoms with Gasteiger partial charge in [0.2, 0.25) is 0 Å². The number of halogens is 3. The molecule has 1 nitrogen and oxygen atoms in total. The van der Waals surface area contributed by atoms with Crippen LogP contribution in [0, 0.1) is 17.5 Å². The van der Waals surface area contributed by atoms with Gasteiger partial charge in [-0.2, -0.15) is 0 Å². The van der Waals surface area contributed by atoms with E-state index in [2.05, 4.69) is 17.4 Å². The van der Waals surface area contributed by atoms with Gasteiger partial charge in [0.1, 0.15) is 5.82 Å². The van der Waals surface area contributed by atoms with Crippen molar-refractivity contribution in [3.8, 4) is 0 Å². The van der Waals surface area contributed by atoms with Crippen LogP contribution in [0.5, 0.6) is 0 Å². The topological polar surface area (TPSA) is 12.0 Å². The van der Waals surface area contributed by atoms with E-state index in [0.717, 1.165) is 25.3 Å². The van der Waals surface area contributed by atoms with Gasteiger partial charge in [-0.05, 0) is 24.8 Å². The lowest BCUT2D eigenvalue weighted by Gasteiger charge is -2.08. The molecule has 2 rings (SSSR count). The smallest absolute Gasteiger partial charge is 0.161 e. The van der Waals surface area contributed by atoms with Gasteiger partial charge in [-0.25, -0.2) is 13.2 Å². The van der Waals surface area contributed by atoms with E-state index in [1.165, 1.54) is 5.56 Å². The van der Waals surface area contributed by atoms with E-state index < -0.39 is 17.5 Å².